The van der Waals surface area contributed by atoms with E-state index >= 15 is 0 Å². The SMILES string of the molecule is COC[C@]12COC(CC1NP(=O)(O)OC)[C@H](n1ccc(=O)[nH]c1=O)O2. The highest BCUT2D eigenvalue weighted by Crippen LogP contribution is 2.46. The van der Waals surface area contributed by atoms with Gasteiger partial charge in [-0.2, -0.15) is 0 Å². The first kappa shape index (κ1) is 18.5. The third kappa shape index (κ3) is 3.49. The Morgan fingerprint density at radius 3 is 2.92 bits per heavy atom. The van der Waals surface area contributed by atoms with Gasteiger partial charge in [0.1, 0.15) is 11.7 Å². The maximum Gasteiger partial charge on any atom is 0.403 e. The van der Waals surface area contributed by atoms with Crippen LogP contribution < -0.4 is 16.3 Å². The van der Waals surface area contributed by atoms with E-state index < -0.39 is 43.0 Å². The Kier molecular flexibility index (Phi) is 5.00. The number of hydrogen-bond acceptors (Lipinski definition) is 7. The summed E-state index contributed by atoms with van der Waals surface area (Å²) < 4.78 is 34.7. The van der Waals surface area contributed by atoms with Crippen LogP contribution in [0.3, 0.4) is 0 Å². The van der Waals surface area contributed by atoms with Crippen LogP contribution in [0.5, 0.6) is 0 Å². The van der Waals surface area contributed by atoms with Crippen molar-refractivity contribution in [3.63, 3.8) is 0 Å². The van der Waals surface area contributed by atoms with Crippen LogP contribution in [0, 0.1) is 0 Å². The standard InChI is InChI=1S/C13H20N3O8P/c1-21-6-13-7-23-8(5-9(13)15-25(19,20)22-2)11(24-13)16-4-3-10(17)14-12(16)18/h3-4,8-9,11H,5-7H2,1-2H3,(H,14,17,18)(H2,15,19,20)/t8?,9?,11-,13+/m1/s1. The van der Waals surface area contributed by atoms with Gasteiger partial charge in [0.15, 0.2) is 6.23 Å². The van der Waals surface area contributed by atoms with Crippen molar-refractivity contribution in [1.82, 2.24) is 14.6 Å². The van der Waals surface area contributed by atoms with Crippen molar-refractivity contribution >= 4 is 7.75 Å². The highest BCUT2D eigenvalue weighted by atomic mass is 31.2. The van der Waals surface area contributed by atoms with E-state index in [0.717, 1.165) is 7.11 Å². The zero-order chi connectivity index (χ0) is 18.2. The number of rotatable bonds is 6. The van der Waals surface area contributed by atoms with Gasteiger partial charge in [-0.3, -0.25) is 14.3 Å². The molecule has 3 aliphatic rings. The number of nitrogens with one attached hydrogen (secondary N) is 2. The molecular formula is C13H20N3O8P. The summed E-state index contributed by atoms with van der Waals surface area (Å²) in [5.41, 5.74) is -2.24. The molecule has 11 nitrogen and oxygen atoms in total. The molecule has 0 spiro atoms. The Morgan fingerprint density at radius 1 is 1.52 bits per heavy atom. The molecule has 4 heterocycles. The second kappa shape index (κ2) is 6.76. The minimum absolute atomic E-state index is 0.0652. The number of methoxy groups -OCH3 is 1. The molecule has 3 fully saturated rings. The van der Waals surface area contributed by atoms with Crippen LogP contribution in [0.25, 0.3) is 0 Å². The van der Waals surface area contributed by atoms with Gasteiger partial charge in [0, 0.05) is 26.5 Å². The van der Waals surface area contributed by atoms with Crippen LogP contribution in [-0.2, 0) is 23.3 Å². The fourth-order valence-corrected chi connectivity index (χ4v) is 4.04. The fraction of sp³-hybridized carbons (Fsp3) is 0.692. The van der Waals surface area contributed by atoms with E-state index in [1.807, 2.05) is 0 Å². The normalized spacial score (nSPS) is 34.0. The van der Waals surface area contributed by atoms with Gasteiger partial charge in [-0.05, 0) is 6.42 Å². The van der Waals surface area contributed by atoms with Gasteiger partial charge in [0.25, 0.3) is 5.56 Å². The second-order valence-electron chi connectivity index (χ2n) is 5.99. The highest BCUT2D eigenvalue weighted by molar-refractivity contribution is 7.50. The molecule has 0 radical (unpaired) electrons. The first-order valence-corrected chi connectivity index (χ1v) is 9.14. The molecule has 1 aromatic rings. The van der Waals surface area contributed by atoms with Gasteiger partial charge in [0.2, 0.25) is 0 Å². The first-order valence-electron chi connectivity index (χ1n) is 7.56. The summed E-state index contributed by atoms with van der Waals surface area (Å²) in [5.74, 6) is 0. The summed E-state index contributed by atoms with van der Waals surface area (Å²) in [5, 5.41) is 2.56. The summed E-state index contributed by atoms with van der Waals surface area (Å²) in [7, 11) is -1.42. The predicted octanol–water partition coefficient (Wildman–Crippen LogP) is -1.06. The number of ether oxygens (including phenoxy) is 3. The summed E-state index contributed by atoms with van der Waals surface area (Å²) in [6, 6.07) is 0.621. The van der Waals surface area contributed by atoms with Gasteiger partial charge in [-0.15, -0.1) is 0 Å². The number of aromatic nitrogens is 2. The van der Waals surface area contributed by atoms with Crippen molar-refractivity contribution in [3.05, 3.63) is 33.1 Å². The maximum absolute atomic E-state index is 12.1. The van der Waals surface area contributed by atoms with Crippen LogP contribution >= 0.6 is 7.75 Å². The van der Waals surface area contributed by atoms with Gasteiger partial charge in [0.05, 0.1) is 19.3 Å². The van der Waals surface area contributed by atoms with E-state index in [2.05, 4.69) is 14.6 Å². The molecule has 140 valence electrons. The average Bonchev–Trinajstić information content (AvgIpc) is 2.56. The monoisotopic (exact) mass is 377 g/mol. The topological polar surface area (TPSA) is 141 Å². The number of fused-ring (bicyclic) bond motifs is 3. The Balaban J connectivity index is 1.92. The van der Waals surface area contributed by atoms with Crippen LogP contribution in [0.15, 0.2) is 21.9 Å². The summed E-state index contributed by atoms with van der Waals surface area (Å²) >= 11 is 0. The molecule has 3 saturated heterocycles. The molecule has 0 saturated carbocycles. The van der Waals surface area contributed by atoms with Crippen molar-refractivity contribution in [2.24, 2.45) is 0 Å². The Labute approximate surface area is 142 Å². The van der Waals surface area contributed by atoms with E-state index in [1.54, 1.807) is 0 Å². The number of H-pyrrole nitrogens is 1. The zero-order valence-electron chi connectivity index (χ0n) is 13.7. The average molecular weight is 377 g/mol. The summed E-state index contributed by atoms with van der Waals surface area (Å²) in [6.45, 7) is 0.178. The van der Waals surface area contributed by atoms with Crippen molar-refractivity contribution in [2.75, 3.05) is 27.4 Å². The number of hydrogen-bond donors (Lipinski definition) is 3. The molecule has 0 aromatic carbocycles. The molecule has 3 N–H and O–H groups in total. The third-order valence-electron chi connectivity index (χ3n) is 4.40. The Hall–Kier alpha value is -1.33. The molecule has 2 bridgehead atoms. The molecule has 5 atom stereocenters. The van der Waals surface area contributed by atoms with Crippen LogP contribution in [0.2, 0.25) is 0 Å². The lowest BCUT2D eigenvalue weighted by atomic mass is 9.85. The zero-order valence-corrected chi connectivity index (χ0v) is 14.6. The summed E-state index contributed by atoms with van der Waals surface area (Å²) in [4.78, 5) is 35.2. The van der Waals surface area contributed by atoms with E-state index in [-0.39, 0.29) is 19.6 Å². The van der Waals surface area contributed by atoms with E-state index in [9.17, 15) is 19.0 Å². The predicted molar refractivity (Wildman–Crippen MR) is 84.2 cm³/mol. The van der Waals surface area contributed by atoms with Crippen molar-refractivity contribution < 1.29 is 28.2 Å². The fourth-order valence-electron chi connectivity index (χ4n) is 3.20. The van der Waals surface area contributed by atoms with Gasteiger partial charge in [-0.25, -0.2) is 14.4 Å². The van der Waals surface area contributed by atoms with Crippen molar-refractivity contribution in [2.45, 2.75) is 30.4 Å². The van der Waals surface area contributed by atoms with Gasteiger partial charge in [-0.1, -0.05) is 0 Å². The number of aromatic amines is 1. The quantitative estimate of drug-likeness (QED) is 0.529. The lowest BCUT2D eigenvalue weighted by Crippen LogP contribution is -2.69. The van der Waals surface area contributed by atoms with Crippen molar-refractivity contribution in [1.29, 1.82) is 0 Å². The second-order valence-corrected chi connectivity index (χ2v) is 7.66. The summed E-state index contributed by atoms with van der Waals surface area (Å²) in [6.07, 6.45) is 0.252. The third-order valence-corrected chi connectivity index (χ3v) is 5.53. The smallest absolute Gasteiger partial charge is 0.382 e. The van der Waals surface area contributed by atoms with Crippen LogP contribution in [-0.4, -0.2) is 59.6 Å². The van der Waals surface area contributed by atoms with Crippen LogP contribution in [0.4, 0.5) is 0 Å². The minimum Gasteiger partial charge on any atom is -0.382 e. The molecule has 1 aromatic heterocycles. The van der Waals surface area contributed by atoms with E-state index in [4.69, 9.17) is 14.2 Å². The molecule has 4 rings (SSSR count). The largest absolute Gasteiger partial charge is 0.403 e. The van der Waals surface area contributed by atoms with Crippen LogP contribution in [0.1, 0.15) is 12.6 Å². The molecular weight excluding hydrogens is 357 g/mol. The number of nitrogens with zero attached hydrogens (tertiary/aromatic N) is 1. The Morgan fingerprint density at radius 2 is 2.28 bits per heavy atom. The highest BCUT2D eigenvalue weighted by Gasteiger charge is 2.56. The maximum atomic E-state index is 12.1. The lowest BCUT2D eigenvalue weighted by molar-refractivity contribution is -0.313. The van der Waals surface area contributed by atoms with Gasteiger partial charge < -0.3 is 23.6 Å². The van der Waals surface area contributed by atoms with Crippen molar-refractivity contribution in [3.8, 4) is 0 Å². The Bertz CT molecular complexity index is 790. The molecule has 0 aliphatic carbocycles. The van der Waals surface area contributed by atoms with E-state index in [0.29, 0.717) is 0 Å². The first-order chi connectivity index (χ1) is 11.8. The molecule has 25 heavy (non-hydrogen) atoms. The van der Waals surface area contributed by atoms with E-state index in [1.165, 1.54) is 23.9 Å². The minimum atomic E-state index is -4.00. The lowest BCUT2D eigenvalue weighted by Gasteiger charge is -2.54. The molecule has 3 aliphatic heterocycles. The molecule has 12 heteroatoms. The molecule has 0 amide bonds. The van der Waals surface area contributed by atoms with Gasteiger partial charge >= 0.3 is 13.4 Å². The molecule has 3 unspecified atom stereocenters.